The summed E-state index contributed by atoms with van der Waals surface area (Å²) in [5, 5.41) is 4.01. The smallest absolute Gasteiger partial charge is 0.123 e. The van der Waals surface area contributed by atoms with Gasteiger partial charge in [0.15, 0.2) is 0 Å². The molecule has 0 amide bonds. The Labute approximate surface area is 106 Å². The maximum absolute atomic E-state index is 5.97. The predicted molar refractivity (Wildman–Crippen MR) is 69.3 cm³/mol. The second-order valence-corrected chi connectivity index (χ2v) is 4.33. The van der Waals surface area contributed by atoms with Crippen LogP contribution in [0.4, 0.5) is 0 Å². The minimum atomic E-state index is 0.704. The third-order valence-electron chi connectivity index (χ3n) is 2.70. The van der Waals surface area contributed by atoms with E-state index < -0.39 is 0 Å². The molecule has 0 saturated carbocycles. The number of ether oxygens (including phenoxy) is 1. The molecule has 0 aliphatic rings. The number of nitrogens with zero attached hydrogens (tertiary/aromatic N) is 2. The van der Waals surface area contributed by atoms with Crippen LogP contribution < -0.4 is 5.32 Å². The zero-order valence-corrected chi connectivity index (χ0v) is 10.8. The highest BCUT2D eigenvalue weighted by atomic mass is 35.5. The van der Waals surface area contributed by atoms with Crippen molar-refractivity contribution >= 4 is 22.6 Å². The first-order valence-corrected chi connectivity index (χ1v) is 5.90. The molecule has 1 aromatic heterocycles. The fourth-order valence-electron chi connectivity index (χ4n) is 1.75. The molecule has 2 aromatic rings. The van der Waals surface area contributed by atoms with Gasteiger partial charge in [-0.05, 0) is 18.2 Å². The molecule has 0 spiro atoms. The normalized spacial score (nSPS) is 11.2. The highest BCUT2D eigenvalue weighted by Gasteiger charge is 2.07. The summed E-state index contributed by atoms with van der Waals surface area (Å²) in [5.74, 6) is 0.998. The van der Waals surface area contributed by atoms with Gasteiger partial charge in [0.1, 0.15) is 5.82 Å². The summed E-state index contributed by atoms with van der Waals surface area (Å²) in [6.07, 6.45) is 0. The molecule has 1 N–H and O–H groups in total. The van der Waals surface area contributed by atoms with E-state index in [4.69, 9.17) is 16.3 Å². The Morgan fingerprint density at radius 2 is 2.29 bits per heavy atom. The lowest BCUT2D eigenvalue weighted by molar-refractivity contribution is 0.199. The van der Waals surface area contributed by atoms with Gasteiger partial charge >= 0.3 is 0 Å². The molecule has 5 heteroatoms. The number of fused-ring (bicyclic) bond motifs is 1. The van der Waals surface area contributed by atoms with Crippen molar-refractivity contribution in [2.45, 2.75) is 6.54 Å². The molecular formula is C12H16ClN3O. The number of halogens is 1. The summed E-state index contributed by atoms with van der Waals surface area (Å²) >= 11 is 5.97. The maximum atomic E-state index is 5.97. The summed E-state index contributed by atoms with van der Waals surface area (Å²) in [6, 6.07) is 5.73. The van der Waals surface area contributed by atoms with Gasteiger partial charge < -0.3 is 14.6 Å². The Balaban J connectivity index is 2.15. The fraction of sp³-hybridized carbons (Fsp3) is 0.417. The predicted octanol–water partition coefficient (Wildman–Crippen LogP) is 1.96. The number of imidazole rings is 1. The van der Waals surface area contributed by atoms with Gasteiger partial charge in [-0.3, -0.25) is 0 Å². The van der Waals surface area contributed by atoms with Crippen molar-refractivity contribution in [2.75, 3.05) is 20.3 Å². The zero-order chi connectivity index (χ0) is 12.3. The van der Waals surface area contributed by atoms with Gasteiger partial charge in [0, 0.05) is 25.7 Å². The second-order valence-electron chi connectivity index (χ2n) is 3.89. The van der Waals surface area contributed by atoms with E-state index in [1.54, 1.807) is 7.11 Å². The van der Waals surface area contributed by atoms with Crippen molar-refractivity contribution in [3.05, 3.63) is 29.0 Å². The minimum absolute atomic E-state index is 0.704. The van der Waals surface area contributed by atoms with E-state index in [-0.39, 0.29) is 0 Å². The number of aromatic nitrogens is 2. The van der Waals surface area contributed by atoms with Gasteiger partial charge in [0.05, 0.1) is 24.2 Å². The molecule has 92 valence electrons. The molecule has 0 unspecified atom stereocenters. The third kappa shape index (κ3) is 2.77. The average Bonchev–Trinajstić information content (AvgIpc) is 2.62. The third-order valence-corrected chi connectivity index (χ3v) is 2.94. The molecule has 0 saturated heterocycles. The Morgan fingerprint density at radius 1 is 1.47 bits per heavy atom. The van der Waals surface area contributed by atoms with Gasteiger partial charge in [-0.15, -0.1) is 0 Å². The molecule has 0 fully saturated rings. The van der Waals surface area contributed by atoms with Crippen LogP contribution in [0.25, 0.3) is 11.0 Å². The van der Waals surface area contributed by atoms with Crippen molar-refractivity contribution in [3.8, 4) is 0 Å². The largest absolute Gasteiger partial charge is 0.383 e. The Kier molecular flexibility index (Phi) is 3.99. The zero-order valence-electron chi connectivity index (χ0n) is 10.0. The SMILES string of the molecule is COCCNCc1nc2ccc(Cl)cc2n1C. The molecule has 0 radical (unpaired) electrons. The quantitative estimate of drug-likeness (QED) is 0.828. The highest BCUT2D eigenvalue weighted by molar-refractivity contribution is 6.31. The summed E-state index contributed by atoms with van der Waals surface area (Å²) in [4.78, 5) is 4.55. The van der Waals surface area contributed by atoms with Gasteiger partial charge in [-0.1, -0.05) is 11.6 Å². The van der Waals surface area contributed by atoms with Gasteiger partial charge in [0.25, 0.3) is 0 Å². The first kappa shape index (κ1) is 12.4. The number of nitrogens with one attached hydrogen (secondary N) is 1. The van der Waals surface area contributed by atoms with Crippen LogP contribution in [0.5, 0.6) is 0 Å². The second kappa shape index (κ2) is 5.49. The molecule has 4 nitrogen and oxygen atoms in total. The van der Waals surface area contributed by atoms with Crippen molar-refractivity contribution in [2.24, 2.45) is 7.05 Å². The molecule has 0 aliphatic carbocycles. The first-order valence-electron chi connectivity index (χ1n) is 5.53. The standard InChI is InChI=1S/C12H16ClN3O/c1-16-11-7-9(13)3-4-10(11)15-12(16)8-14-5-6-17-2/h3-4,7,14H,5-6,8H2,1-2H3. The summed E-state index contributed by atoms with van der Waals surface area (Å²) in [7, 11) is 3.69. The Morgan fingerprint density at radius 3 is 3.06 bits per heavy atom. The highest BCUT2D eigenvalue weighted by Crippen LogP contribution is 2.19. The molecule has 1 aromatic carbocycles. The van der Waals surface area contributed by atoms with Crippen LogP contribution in [-0.2, 0) is 18.3 Å². The summed E-state index contributed by atoms with van der Waals surface area (Å²) in [6.45, 7) is 2.25. The van der Waals surface area contributed by atoms with Crippen LogP contribution in [0.2, 0.25) is 5.02 Å². The van der Waals surface area contributed by atoms with E-state index >= 15 is 0 Å². The van der Waals surface area contributed by atoms with E-state index in [1.807, 2.05) is 25.2 Å². The number of rotatable bonds is 5. The van der Waals surface area contributed by atoms with Crippen LogP contribution in [-0.4, -0.2) is 29.8 Å². The molecule has 0 atom stereocenters. The number of methoxy groups -OCH3 is 1. The lowest BCUT2D eigenvalue weighted by atomic mass is 10.3. The summed E-state index contributed by atoms with van der Waals surface area (Å²) < 4.78 is 7.03. The van der Waals surface area contributed by atoms with Crippen LogP contribution in [0.1, 0.15) is 5.82 Å². The van der Waals surface area contributed by atoms with Crippen LogP contribution in [0, 0.1) is 0 Å². The lowest BCUT2D eigenvalue weighted by Crippen LogP contribution is -2.20. The van der Waals surface area contributed by atoms with Gasteiger partial charge in [-0.2, -0.15) is 0 Å². The van der Waals surface area contributed by atoms with E-state index in [2.05, 4.69) is 14.9 Å². The molecule has 0 aliphatic heterocycles. The maximum Gasteiger partial charge on any atom is 0.123 e. The van der Waals surface area contributed by atoms with Crippen LogP contribution in [0.15, 0.2) is 18.2 Å². The molecule has 2 rings (SSSR count). The van der Waals surface area contributed by atoms with E-state index in [0.29, 0.717) is 6.61 Å². The van der Waals surface area contributed by atoms with Crippen LogP contribution in [0.3, 0.4) is 0 Å². The topological polar surface area (TPSA) is 39.1 Å². The Hall–Kier alpha value is -1.10. The van der Waals surface area contributed by atoms with Crippen LogP contribution >= 0.6 is 11.6 Å². The molecule has 1 heterocycles. The average molecular weight is 254 g/mol. The van der Waals surface area contributed by atoms with Gasteiger partial charge in [0.2, 0.25) is 0 Å². The number of aryl methyl sites for hydroxylation is 1. The van der Waals surface area contributed by atoms with E-state index in [9.17, 15) is 0 Å². The van der Waals surface area contributed by atoms with E-state index in [1.165, 1.54) is 0 Å². The number of hydrogen-bond acceptors (Lipinski definition) is 3. The minimum Gasteiger partial charge on any atom is -0.383 e. The van der Waals surface area contributed by atoms with Crippen molar-refractivity contribution < 1.29 is 4.74 Å². The van der Waals surface area contributed by atoms with E-state index in [0.717, 1.165) is 35.0 Å². The number of hydrogen-bond donors (Lipinski definition) is 1. The van der Waals surface area contributed by atoms with Crippen molar-refractivity contribution in [1.82, 2.24) is 14.9 Å². The molecule has 17 heavy (non-hydrogen) atoms. The van der Waals surface area contributed by atoms with Crippen molar-refractivity contribution in [1.29, 1.82) is 0 Å². The fourth-order valence-corrected chi connectivity index (χ4v) is 1.91. The molecule has 0 bridgehead atoms. The van der Waals surface area contributed by atoms with Gasteiger partial charge in [-0.25, -0.2) is 4.98 Å². The summed E-state index contributed by atoms with van der Waals surface area (Å²) in [5.41, 5.74) is 2.03. The number of benzene rings is 1. The molecular weight excluding hydrogens is 238 g/mol. The van der Waals surface area contributed by atoms with Crippen molar-refractivity contribution in [3.63, 3.8) is 0 Å². The Bertz CT molecular complexity index is 510. The lowest BCUT2D eigenvalue weighted by Gasteiger charge is -2.04. The monoisotopic (exact) mass is 253 g/mol. The first-order chi connectivity index (χ1) is 8.22.